The third kappa shape index (κ3) is 4.24. The Hall–Kier alpha value is -2.50. The number of anilines is 1. The van der Waals surface area contributed by atoms with E-state index in [1.54, 1.807) is 12.4 Å². The van der Waals surface area contributed by atoms with E-state index in [1.165, 1.54) is 4.68 Å². The van der Waals surface area contributed by atoms with Gasteiger partial charge in [0.15, 0.2) is 0 Å². The number of carbonyl (C=O) groups excluding carboxylic acids is 1. The van der Waals surface area contributed by atoms with Crippen LogP contribution in [0.25, 0.3) is 0 Å². The maximum Gasteiger partial charge on any atom is 0.239 e. The second-order valence-electron chi connectivity index (χ2n) is 4.76. The molecule has 0 spiro atoms. The summed E-state index contributed by atoms with van der Waals surface area (Å²) in [5.41, 5.74) is 7.12. The van der Waals surface area contributed by atoms with Crippen LogP contribution in [0.5, 0.6) is 5.75 Å². The van der Waals surface area contributed by atoms with Crippen molar-refractivity contribution in [1.29, 1.82) is 0 Å². The lowest BCUT2D eigenvalue weighted by atomic mass is 10.1. The Morgan fingerprint density at radius 3 is 2.76 bits per heavy atom. The average molecular weight is 288 g/mol. The van der Waals surface area contributed by atoms with Crippen molar-refractivity contribution in [1.82, 2.24) is 9.78 Å². The molecule has 1 unspecified atom stereocenters. The average Bonchev–Trinajstić information content (AvgIpc) is 2.86. The second kappa shape index (κ2) is 6.78. The van der Waals surface area contributed by atoms with Crippen LogP contribution in [0.3, 0.4) is 0 Å². The van der Waals surface area contributed by atoms with Crippen molar-refractivity contribution in [3.05, 3.63) is 42.2 Å². The van der Waals surface area contributed by atoms with Crippen LogP contribution in [0, 0.1) is 0 Å². The van der Waals surface area contributed by atoms with E-state index in [0.29, 0.717) is 6.61 Å². The lowest BCUT2D eigenvalue weighted by molar-refractivity contribution is -0.118. The highest BCUT2D eigenvalue weighted by Gasteiger charge is 2.08. The largest absolute Gasteiger partial charge is 0.494 e. The van der Waals surface area contributed by atoms with Crippen molar-refractivity contribution in [2.45, 2.75) is 26.4 Å². The molecule has 0 radical (unpaired) electrons. The van der Waals surface area contributed by atoms with Crippen molar-refractivity contribution in [3.8, 4) is 5.75 Å². The van der Waals surface area contributed by atoms with Gasteiger partial charge in [-0.25, -0.2) is 0 Å². The van der Waals surface area contributed by atoms with Crippen LogP contribution in [0.4, 0.5) is 5.69 Å². The van der Waals surface area contributed by atoms with E-state index < -0.39 is 5.91 Å². The quantitative estimate of drug-likeness (QED) is 0.815. The highest BCUT2D eigenvalue weighted by atomic mass is 16.5. The minimum Gasteiger partial charge on any atom is -0.494 e. The maximum absolute atomic E-state index is 10.8. The van der Waals surface area contributed by atoms with E-state index in [2.05, 4.69) is 17.3 Å². The van der Waals surface area contributed by atoms with Gasteiger partial charge < -0.3 is 15.8 Å². The third-order valence-corrected chi connectivity index (χ3v) is 3.03. The molecule has 21 heavy (non-hydrogen) atoms. The predicted molar refractivity (Wildman–Crippen MR) is 81.1 cm³/mol. The summed E-state index contributed by atoms with van der Waals surface area (Å²) in [5, 5.41) is 7.40. The van der Waals surface area contributed by atoms with Gasteiger partial charge in [-0.15, -0.1) is 0 Å². The van der Waals surface area contributed by atoms with E-state index in [4.69, 9.17) is 10.5 Å². The molecule has 1 heterocycles. The van der Waals surface area contributed by atoms with Crippen molar-refractivity contribution in [3.63, 3.8) is 0 Å². The molecule has 2 aromatic rings. The molecule has 0 aliphatic carbocycles. The number of aromatic nitrogens is 2. The van der Waals surface area contributed by atoms with E-state index >= 15 is 0 Å². The van der Waals surface area contributed by atoms with Crippen LogP contribution in [-0.2, 0) is 11.3 Å². The van der Waals surface area contributed by atoms with Gasteiger partial charge >= 0.3 is 0 Å². The number of rotatable bonds is 7. The lowest BCUT2D eigenvalue weighted by Crippen LogP contribution is -2.18. The summed E-state index contributed by atoms with van der Waals surface area (Å²) in [5.74, 6) is 0.451. The SMILES string of the molecule is CCOc1ccc(C(C)Nc2cnn(CC(N)=O)c2)cc1. The Bertz CT molecular complexity index is 592. The molecule has 1 aromatic heterocycles. The molecule has 0 saturated carbocycles. The Kier molecular flexibility index (Phi) is 4.81. The number of ether oxygens (including phenoxy) is 1. The molecule has 0 fully saturated rings. The summed E-state index contributed by atoms with van der Waals surface area (Å²) >= 11 is 0. The van der Waals surface area contributed by atoms with Crippen molar-refractivity contribution in [2.75, 3.05) is 11.9 Å². The minimum absolute atomic E-state index is 0.0825. The van der Waals surface area contributed by atoms with Crippen molar-refractivity contribution < 1.29 is 9.53 Å². The number of carbonyl (C=O) groups is 1. The van der Waals surface area contributed by atoms with Gasteiger partial charge in [0.25, 0.3) is 0 Å². The Morgan fingerprint density at radius 2 is 2.14 bits per heavy atom. The molecule has 112 valence electrons. The summed E-state index contributed by atoms with van der Waals surface area (Å²) in [7, 11) is 0. The predicted octanol–water partition coefficient (Wildman–Crippen LogP) is 1.94. The highest BCUT2D eigenvalue weighted by Crippen LogP contribution is 2.21. The molecule has 1 aromatic carbocycles. The first-order valence-electron chi connectivity index (χ1n) is 6.88. The molecule has 1 amide bonds. The molecule has 2 rings (SSSR count). The zero-order valence-corrected chi connectivity index (χ0v) is 12.2. The molecule has 0 saturated heterocycles. The number of hydrogen-bond acceptors (Lipinski definition) is 4. The van der Waals surface area contributed by atoms with Gasteiger partial charge in [0, 0.05) is 12.2 Å². The monoisotopic (exact) mass is 288 g/mol. The van der Waals surface area contributed by atoms with Crippen LogP contribution in [0.2, 0.25) is 0 Å². The number of nitrogens with zero attached hydrogens (tertiary/aromatic N) is 2. The summed E-state index contributed by atoms with van der Waals surface area (Å²) in [6.45, 7) is 4.76. The second-order valence-corrected chi connectivity index (χ2v) is 4.76. The zero-order valence-electron chi connectivity index (χ0n) is 12.2. The number of primary amides is 1. The smallest absolute Gasteiger partial charge is 0.239 e. The number of nitrogens with two attached hydrogens (primary N) is 1. The molecule has 1 atom stereocenters. The number of benzene rings is 1. The van der Waals surface area contributed by atoms with Gasteiger partial charge in [-0.2, -0.15) is 5.10 Å². The highest BCUT2D eigenvalue weighted by molar-refractivity contribution is 5.73. The Labute approximate surface area is 123 Å². The molecule has 6 heteroatoms. The first-order chi connectivity index (χ1) is 10.1. The number of hydrogen-bond donors (Lipinski definition) is 2. The van der Waals surface area contributed by atoms with Gasteiger partial charge in [-0.3, -0.25) is 9.48 Å². The van der Waals surface area contributed by atoms with E-state index in [1.807, 2.05) is 31.2 Å². The standard InChI is InChI=1S/C15H20N4O2/c1-3-21-14-6-4-12(5-7-14)11(2)18-13-8-17-19(9-13)10-15(16)20/h4-9,11,18H,3,10H2,1-2H3,(H2,16,20). The van der Waals surface area contributed by atoms with E-state index in [9.17, 15) is 4.79 Å². The zero-order chi connectivity index (χ0) is 15.2. The first kappa shape index (κ1) is 14.9. The lowest BCUT2D eigenvalue weighted by Gasteiger charge is -2.14. The van der Waals surface area contributed by atoms with Crippen LogP contribution in [0.15, 0.2) is 36.7 Å². The molecule has 0 bridgehead atoms. The summed E-state index contributed by atoms with van der Waals surface area (Å²) in [6.07, 6.45) is 3.43. The number of nitrogens with one attached hydrogen (secondary N) is 1. The van der Waals surface area contributed by atoms with Gasteiger partial charge in [-0.05, 0) is 31.5 Å². The van der Waals surface area contributed by atoms with Crippen molar-refractivity contribution >= 4 is 11.6 Å². The molecule has 0 aliphatic heterocycles. The normalized spacial score (nSPS) is 11.9. The Balaban J connectivity index is 1.98. The summed E-state index contributed by atoms with van der Waals surface area (Å²) in [6, 6.07) is 8.07. The fraction of sp³-hybridized carbons (Fsp3) is 0.333. The first-order valence-corrected chi connectivity index (χ1v) is 6.88. The van der Waals surface area contributed by atoms with Crippen LogP contribution in [-0.4, -0.2) is 22.3 Å². The van der Waals surface area contributed by atoms with E-state index in [-0.39, 0.29) is 12.6 Å². The van der Waals surface area contributed by atoms with Gasteiger partial charge in [0.05, 0.1) is 18.5 Å². The molecule has 0 aliphatic rings. The van der Waals surface area contributed by atoms with Crippen molar-refractivity contribution in [2.24, 2.45) is 5.73 Å². The van der Waals surface area contributed by atoms with Crippen LogP contribution < -0.4 is 15.8 Å². The topological polar surface area (TPSA) is 82.2 Å². The molecule has 6 nitrogen and oxygen atoms in total. The van der Waals surface area contributed by atoms with Gasteiger partial charge in [-0.1, -0.05) is 12.1 Å². The third-order valence-electron chi connectivity index (χ3n) is 3.03. The number of amides is 1. The summed E-state index contributed by atoms with van der Waals surface area (Å²) < 4.78 is 6.93. The van der Waals surface area contributed by atoms with Crippen LogP contribution >= 0.6 is 0 Å². The Morgan fingerprint density at radius 1 is 1.43 bits per heavy atom. The molecular weight excluding hydrogens is 268 g/mol. The molecule has 3 N–H and O–H groups in total. The molecular formula is C15H20N4O2. The fourth-order valence-corrected chi connectivity index (χ4v) is 2.04. The van der Waals surface area contributed by atoms with Gasteiger partial charge in [0.1, 0.15) is 12.3 Å². The van der Waals surface area contributed by atoms with Gasteiger partial charge in [0.2, 0.25) is 5.91 Å². The maximum atomic E-state index is 10.8. The van der Waals surface area contributed by atoms with Crippen LogP contribution in [0.1, 0.15) is 25.5 Å². The van der Waals surface area contributed by atoms with E-state index in [0.717, 1.165) is 17.0 Å². The summed E-state index contributed by atoms with van der Waals surface area (Å²) in [4.78, 5) is 10.8. The minimum atomic E-state index is -0.413. The fourth-order valence-electron chi connectivity index (χ4n) is 2.04.